The standard InChI is InChI=1S/C37H34F6O2S2/c38-35(39)31(27-21-29(23-13-5-1-6-14-23)46-33(27)44-25-17-9-3-10-18-25)32(36(40,41)37(35,42)43)28-22-30(24-15-7-2-8-16-24)47-34(28)45-26-19-11-4-12-20-26/h1-2,5-8,13-16,21-22,25-26H,3-4,9-12,17-20H2. The van der Waals surface area contributed by atoms with Gasteiger partial charge in [-0.15, -0.1) is 0 Å². The lowest BCUT2D eigenvalue weighted by Gasteiger charge is -2.26. The van der Waals surface area contributed by atoms with E-state index in [0.717, 1.165) is 61.2 Å². The van der Waals surface area contributed by atoms with Crippen molar-refractivity contribution in [1.82, 2.24) is 0 Å². The molecule has 2 saturated carbocycles. The first-order chi connectivity index (χ1) is 22.6. The van der Waals surface area contributed by atoms with E-state index in [1.54, 1.807) is 60.7 Å². The topological polar surface area (TPSA) is 18.5 Å². The van der Waals surface area contributed by atoms with E-state index in [2.05, 4.69) is 0 Å². The second-order valence-corrected chi connectivity index (χ2v) is 14.6. The fraction of sp³-hybridized carbons (Fsp3) is 0.405. The number of rotatable bonds is 8. The Balaban J connectivity index is 1.47. The molecule has 2 aromatic carbocycles. The molecule has 2 nitrogen and oxygen atoms in total. The van der Waals surface area contributed by atoms with Crippen molar-refractivity contribution in [2.75, 3.05) is 0 Å². The summed E-state index contributed by atoms with van der Waals surface area (Å²) in [5.74, 6) is -16.1. The van der Waals surface area contributed by atoms with Crippen LogP contribution in [0.3, 0.4) is 0 Å². The molecule has 3 aliphatic rings. The average molecular weight is 689 g/mol. The number of hydrogen-bond donors (Lipinski definition) is 0. The predicted octanol–water partition coefficient (Wildman–Crippen LogP) is 12.4. The van der Waals surface area contributed by atoms with Crippen molar-refractivity contribution in [3.63, 3.8) is 0 Å². The van der Waals surface area contributed by atoms with E-state index in [0.29, 0.717) is 46.6 Å². The number of hydrogen-bond acceptors (Lipinski definition) is 4. The maximum atomic E-state index is 16.2. The van der Waals surface area contributed by atoms with Gasteiger partial charge >= 0.3 is 17.8 Å². The highest BCUT2D eigenvalue weighted by atomic mass is 32.1. The number of allylic oxidation sites excluding steroid dienone is 2. The Kier molecular flexibility index (Phi) is 8.70. The number of thiophene rings is 2. The van der Waals surface area contributed by atoms with Crippen LogP contribution in [0.5, 0.6) is 10.1 Å². The first-order valence-electron chi connectivity index (χ1n) is 16.2. The lowest BCUT2D eigenvalue weighted by atomic mass is 9.95. The van der Waals surface area contributed by atoms with Crippen molar-refractivity contribution in [2.45, 2.75) is 94.2 Å². The van der Waals surface area contributed by atoms with E-state index in [1.807, 2.05) is 0 Å². The molecule has 0 saturated heterocycles. The molecule has 0 unspecified atom stereocenters. The van der Waals surface area contributed by atoms with Gasteiger partial charge in [0.25, 0.3) is 0 Å². The van der Waals surface area contributed by atoms with Gasteiger partial charge in [-0.25, -0.2) is 0 Å². The van der Waals surface area contributed by atoms with E-state index in [1.165, 1.54) is 12.1 Å². The molecule has 3 aliphatic carbocycles. The summed E-state index contributed by atoms with van der Waals surface area (Å²) in [5, 5.41) is -0.102. The maximum absolute atomic E-state index is 16.2. The van der Waals surface area contributed by atoms with Crippen LogP contribution in [-0.2, 0) is 0 Å². The van der Waals surface area contributed by atoms with Gasteiger partial charge in [-0.2, -0.15) is 26.3 Å². The molecule has 0 atom stereocenters. The minimum absolute atomic E-state index is 0.0512. The van der Waals surface area contributed by atoms with Gasteiger partial charge in [0.05, 0.1) is 12.2 Å². The SMILES string of the molecule is FC1(F)C(c2cc(-c3ccccc3)sc2OC2CCCCC2)=C(c2cc(-c3ccccc3)sc2OC2CCCCC2)C(F)(F)C1(F)F. The fourth-order valence-corrected chi connectivity index (χ4v) is 9.03. The highest BCUT2D eigenvalue weighted by Crippen LogP contribution is 2.67. The van der Waals surface area contributed by atoms with Crippen molar-refractivity contribution in [2.24, 2.45) is 0 Å². The zero-order valence-electron chi connectivity index (χ0n) is 25.6. The molecule has 2 heterocycles. The smallest absolute Gasteiger partial charge is 0.380 e. The third-order valence-corrected chi connectivity index (χ3v) is 11.5. The Labute approximate surface area is 278 Å². The molecule has 0 amide bonds. The zero-order valence-corrected chi connectivity index (χ0v) is 27.2. The van der Waals surface area contributed by atoms with Gasteiger partial charge in [-0.3, -0.25) is 0 Å². The van der Waals surface area contributed by atoms with Crippen LogP contribution in [-0.4, -0.2) is 30.0 Å². The summed E-state index contributed by atoms with van der Waals surface area (Å²) in [6, 6.07) is 20.3. The summed E-state index contributed by atoms with van der Waals surface area (Å²) in [5.41, 5.74) is -2.37. The van der Waals surface area contributed by atoms with Crippen LogP contribution < -0.4 is 9.47 Å². The van der Waals surface area contributed by atoms with E-state index >= 15 is 26.3 Å². The monoisotopic (exact) mass is 688 g/mol. The maximum Gasteiger partial charge on any atom is 0.380 e. The molecular formula is C37H34F6O2S2. The fourth-order valence-electron chi connectivity index (χ4n) is 6.86. The minimum atomic E-state index is -5.70. The number of halogens is 6. The molecule has 2 fully saturated rings. The van der Waals surface area contributed by atoms with E-state index in [9.17, 15) is 0 Å². The zero-order chi connectivity index (χ0) is 32.8. The Morgan fingerprint density at radius 2 is 0.872 bits per heavy atom. The molecule has 0 spiro atoms. The van der Waals surface area contributed by atoms with Crippen LogP contribution in [0, 0.1) is 0 Å². The molecule has 2 aromatic heterocycles. The van der Waals surface area contributed by atoms with Crippen molar-refractivity contribution in [3.8, 4) is 31.0 Å². The van der Waals surface area contributed by atoms with Crippen LogP contribution in [0.1, 0.15) is 75.3 Å². The normalized spacial score (nSPS) is 21.2. The first-order valence-corrected chi connectivity index (χ1v) is 17.8. The highest BCUT2D eigenvalue weighted by Gasteiger charge is 2.80. The van der Waals surface area contributed by atoms with E-state index in [4.69, 9.17) is 9.47 Å². The van der Waals surface area contributed by atoms with Crippen molar-refractivity contribution in [1.29, 1.82) is 0 Å². The van der Waals surface area contributed by atoms with Crippen LogP contribution in [0.25, 0.3) is 32.0 Å². The largest absolute Gasteiger partial charge is 0.480 e. The van der Waals surface area contributed by atoms with E-state index < -0.39 is 40.0 Å². The van der Waals surface area contributed by atoms with Crippen molar-refractivity contribution >= 4 is 33.8 Å². The summed E-state index contributed by atoms with van der Waals surface area (Å²) in [4.78, 5) is 0.920. The van der Waals surface area contributed by atoms with Gasteiger partial charge < -0.3 is 9.47 Å². The first kappa shape index (κ1) is 32.3. The second kappa shape index (κ2) is 12.7. The summed E-state index contributed by atoms with van der Waals surface area (Å²) < 4.78 is 109. The predicted molar refractivity (Wildman–Crippen MR) is 176 cm³/mol. The minimum Gasteiger partial charge on any atom is -0.480 e. The molecule has 47 heavy (non-hydrogen) atoms. The van der Waals surface area contributed by atoms with Crippen LogP contribution >= 0.6 is 22.7 Å². The second-order valence-electron chi connectivity index (χ2n) is 12.6. The molecule has 10 heteroatoms. The van der Waals surface area contributed by atoms with Crippen LogP contribution in [0.2, 0.25) is 0 Å². The van der Waals surface area contributed by atoms with Gasteiger partial charge in [0.15, 0.2) is 10.1 Å². The van der Waals surface area contributed by atoms with Gasteiger partial charge in [0.1, 0.15) is 0 Å². The Hall–Kier alpha value is -3.24. The lowest BCUT2D eigenvalue weighted by Crippen LogP contribution is -2.48. The Bertz CT molecular complexity index is 1610. The summed E-state index contributed by atoms with van der Waals surface area (Å²) in [6.07, 6.45) is 7.48. The van der Waals surface area contributed by atoms with Gasteiger partial charge in [0.2, 0.25) is 0 Å². The van der Waals surface area contributed by atoms with Gasteiger partial charge in [-0.05, 0) is 74.6 Å². The number of alkyl halides is 6. The van der Waals surface area contributed by atoms with Crippen LogP contribution in [0.4, 0.5) is 26.3 Å². The van der Waals surface area contributed by atoms with Crippen LogP contribution in [0.15, 0.2) is 72.8 Å². The van der Waals surface area contributed by atoms with Gasteiger partial charge in [-0.1, -0.05) is 96.2 Å². The molecule has 0 bridgehead atoms. The van der Waals surface area contributed by atoms with E-state index in [-0.39, 0.29) is 22.3 Å². The molecule has 4 aromatic rings. The highest BCUT2D eigenvalue weighted by molar-refractivity contribution is 7.18. The van der Waals surface area contributed by atoms with Gasteiger partial charge in [0, 0.05) is 32.0 Å². The Morgan fingerprint density at radius 3 is 1.23 bits per heavy atom. The molecular weight excluding hydrogens is 655 g/mol. The molecule has 0 radical (unpaired) electrons. The third-order valence-electron chi connectivity index (χ3n) is 9.37. The molecule has 248 valence electrons. The lowest BCUT2D eigenvalue weighted by molar-refractivity contribution is -0.254. The Morgan fingerprint density at radius 1 is 0.511 bits per heavy atom. The molecule has 0 aliphatic heterocycles. The number of ether oxygens (including phenoxy) is 2. The quantitative estimate of drug-likeness (QED) is 0.172. The number of benzene rings is 2. The third kappa shape index (κ3) is 5.79. The molecule has 0 N–H and O–H groups in total. The summed E-state index contributed by atoms with van der Waals surface area (Å²) in [6.45, 7) is 0. The molecule has 7 rings (SSSR count). The summed E-state index contributed by atoms with van der Waals surface area (Å²) in [7, 11) is 0. The summed E-state index contributed by atoms with van der Waals surface area (Å²) >= 11 is 2.04. The average Bonchev–Trinajstić information content (AvgIpc) is 3.71. The van der Waals surface area contributed by atoms with Crippen molar-refractivity contribution < 1.29 is 35.8 Å². The van der Waals surface area contributed by atoms with Crippen molar-refractivity contribution in [3.05, 3.63) is 83.9 Å².